The number of amides is 1. The van der Waals surface area contributed by atoms with E-state index in [1.54, 1.807) is 12.1 Å². The molecule has 3 N–H and O–H groups in total. The average molecular weight is 193 g/mol. The summed E-state index contributed by atoms with van der Waals surface area (Å²) < 4.78 is 0. The van der Waals surface area contributed by atoms with Gasteiger partial charge in [-0.25, -0.2) is 0 Å². The Kier molecular flexibility index (Phi) is 3.65. The van der Waals surface area contributed by atoms with Crippen LogP contribution in [0.5, 0.6) is 0 Å². The zero-order valence-corrected chi connectivity index (χ0v) is 8.23. The van der Waals surface area contributed by atoms with Crippen LogP contribution in [0.15, 0.2) is 24.3 Å². The molecule has 0 heterocycles. The van der Waals surface area contributed by atoms with E-state index in [4.69, 9.17) is 10.8 Å². The van der Waals surface area contributed by atoms with Gasteiger partial charge in [-0.1, -0.05) is 25.1 Å². The van der Waals surface area contributed by atoms with Crippen LogP contribution in [0.1, 0.15) is 35.2 Å². The second kappa shape index (κ2) is 4.77. The lowest BCUT2D eigenvalue weighted by Crippen LogP contribution is -2.16. The summed E-state index contributed by atoms with van der Waals surface area (Å²) in [6, 6.07) is 7.15. The summed E-state index contributed by atoms with van der Waals surface area (Å²) in [7, 11) is 0. The highest BCUT2D eigenvalue weighted by atomic mass is 16.3. The van der Waals surface area contributed by atoms with Crippen LogP contribution in [0.3, 0.4) is 0 Å². The van der Waals surface area contributed by atoms with Gasteiger partial charge in [-0.15, -0.1) is 0 Å². The number of carbonyl (C=O) groups is 1. The normalized spacial score (nSPS) is 12.4. The number of hydrogen-bond acceptors (Lipinski definition) is 2. The lowest BCUT2D eigenvalue weighted by molar-refractivity contribution is 0.0998. The predicted molar refractivity (Wildman–Crippen MR) is 55.1 cm³/mol. The molecular weight excluding hydrogens is 178 g/mol. The van der Waals surface area contributed by atoms with Crippen LogP contribution in [-0.4, -0.2) is 17.6 Å². The summed E-state index contributed by atoms with van der Waals surface area (Å²) in [6.07, 6.45) is 0.792. The fourth-order valence-corrected chi connectivity index (χ4v) is 1.52. The molecular formula is C11H15NO2. The zero-order valence-electron chi connectivity index (χ0n) is 8.23. The Morgan fingerprint density at radius 1 is 1.50 bits per heavy atom. The summed E-state index contributed by atoms with van der Waals surface area (Å²) in [6.45, 7) is 2.01. The molecule has 1 atom stereocenters. The van der Waals surface area contributed by atoms with Crippen molar-refractivity contribution in [3.63, 3.8) is 0 Å². The summed E-state index contributed by atoms with van der Waals surface area (Å²) in [5.74, 6) is -0.439. The van der Waals surface area contributed by atoms with Gasteiger partial charge in [-0.05, 0) is 18.1 Å². The first-order valence-corrected chi connectivity index (χ1v) is 4.70. The second-order valence-electron chi connectivity index (χ2n) is 3.24. The van der Waals surface area contributed by atoms with E-state index in [0.29, 0.717) is 5.56 Å². The molecule has 1 amide bonds. The first-order chi connectivity index (χ1) is 6.70. The maximum Gasteiger partial charge on any atom is 0.248 e. The lowest BCUT2D eigenvalue weighted by Gasteiger charge is -2.14. The van der Waals surface area contributed by atoms with Gasteiger partial charge in [0.05, 0.1) is 0 Å². The summed E-state index contributed by atoms with van der Waals surface area (Å²) >= 11 is 0. The molecule has 76 valence electrons. The van der Waals surface area contributed by atoms with Gasteiger partial charge in [-0.3, -0.25) is 4.79 Å². The Bertz CT molecular complexity index is 319. The van der Waals surface area contributed by atoms with Crippen molar-refractivity contribution in [3.8, 4) is 0 Å². The van der Waals surface area contributed by atoms with Crippen molar-refractivity contribution in [2.75, 3.05) is 6.61 Å². The molecule has 0 fully saturated rings. The standard InChI is InChI=1S/C11H15NO2/c1-2-8(7-13)9-5-3-4-6-10(9)11(12)14/h3-6,8,13H,2,7H2,1H3,(H2,12,14)/t8-/m0/s1. The van der Waals surface area contributed by atoms with Crippen molar-refractivity contribution < 1.29 is 9.90 Å². The van der Waals surface area contributed by atoms with Gasteiger partial charge in [0.25, 0.3) is 0 Å². The lowest BCUT2D eigenvalue weighted by atomic mass is 9.92. The van der Waals surface area contributed by atoms with Gasteiger partial charge in [0.1, 0.15) is 0 Å². The van der Waals surface area contributed by atoms with E-state index < -0.39 is 5.91 Å². The number of aliphatic hydroxyl groups is 1. The van der Waals surface area contributed by atoms with Gasteiger partial charge in [0, 0.05) is 18.1 Å². The Hall–Kier alpha value is -1.35. The molecule has 0 radical (unpaired) electrons. The third-order valence-corrected chi connectivity index (χ3v) is 2.38. The molecule has 3 nitrogen and oxygen atoms in total. The second-order valence-corrected chi connectivity index (χ2v) is 3.24. The van der Waals surface area contributed by atoms with E-state index in [2.05, 4.69) is 0 Å². The number of primary amides is 1. The molecule has 1 aromatic carbocycles. The minimum atomic E-state index is -0.437. The van der Waals surface area contributed by atoms with E-state index in [-0.39, 0.29) is 12.5 Å². The Morgan fingerprint density at radius 3 is 2.64 bits per heavy atom. The third kappa shape index (κ3) is 2.12. The highest BCUT2D eigenvalue weighted by Crippen LogP contribution is 2.22. The van der Waals surface area contributed by atoms with Crippen molar-refractivity contribution in [2.45, 2.75) is 19.3 Å². The molecule has 3 heteroatoms. The van der Waals surface area contributed by atoms with Gasteiger partial charge in [0.15, 0.2) is 0 Å². The Balaban J connectivity index is 3.11. The van der Waals surface area contributed by atoms with E-state index in [1.807, 2.05) is 19.1 Å². The van der Waals surface area contributed by atoms with Crippen molar-refractivity contribution in [2.24, 2.45) is 5.73 Å². The number of carbonyl (C=O) groups excluding carboxylic acids is 1. The minimum absolute atomic E-state index is 0.00120. The summed E-state index contributed by atoms with van der Waals surface area (Å²) in [5, 5.41) is 9.13. The quantitative estimate of drug-likeness (QED) is 0.756. The monoisotopic (exact) mass is 193 g/mol. The fourth-order valence-electron chi connectivity index (χ4n) is 1.52. The molecule has 0 aliphatic carbocycles. The number of hydrogen-bond donors (Lipinski definition) is 2. The molecule has 14 heavy (non-hydrogen) atoms. The van der Waals surface area contributed by atoms with Gasteiger partial charge < -0.3 is 10.8 Å². The fraction of sp³-hybridized carbons (Fsp3) is 0.364. The largest absolute Gasteiger partial charge is 0.396 e. The van der Waals surface area contributed by atoms with Crippen molar-refractivity contribution in [1.29, 1.82) is 0 Å². The van der Waals surface area contributed by atoms with Crippen molar-refractivity contribution in [1.82, 2.24) is 0 Å². The van der Waals surface area contributed by atoms with Crippen LogP contribution in [0.2, 0.25) is 0 Å². The first-order valence-electron chi connectivity index (χ1n) is 4.70. The maximum absolute atomic E-state index is 11.1. The van der Waals surface area contributed by atoms with Gasteiger partial charge in [-0.2, -0.15) is 0 Å². The SMILES string of the molecule is CC[C@@H](CO)c1ccccc1C(N)=O. The van der Waals surface area contributed by atoms with Gasteiger partial charge in [0.2, 0.25) is 5.91 Å². The maximum atomic E-state index is 11.1. The number of benzene rings is 1. The molecule has 0 unspecified atom stereocenters. The first kappa shape index (κ1) is 10.7. The van der Waals surface area contributed by atoms with Crippen LogP contribution in [-0.2, 0) is 0 Å². The van der Waals surface area contributed by atoms with Crippen LogP contribution < -0.4 is 5.73 Å². The van der Waals surface area contributed by atoms with Crippen LogP contribution in [0.25, 0.3) is 0 Å². The van der Waals surface area contributed by atoms with Crippen LogP contribution in [0.4, 0.5) is 0 Å². The molecule has 1 aromatic rings. The molecule has 0 bridgehead atoms. The molecule has 0 aromatic heterocycles. The zero-order chi connectivity index (χ0) is 10.6. The number of aliphatic hydroxyl groups excluding tert-OH is 1. The van der Waals surface area contributed by atoms with Crippen molar-refractivity contribution in [3.05, 3.63) is 35.4 Å². The molecule has 0 aliphatic rings. The highest BCUT2D eigenvalue weighted by molar-refractivity contribution is 5.94. The smallest absolute Gasteiger partial charge is 0.248 e. The Morgan fingerprint density at radius 2 is 2.14 bits per heavy atom. The minimum Gasteiger partial charge on any atom is -0.396 e. The Labute approximate surface area is 83.6 Å². The predicted octanol–water partition coefficient (Wildman–Crippen LogP) is 1.27. The topological polar surface area (TPSA) is 63.3 Å². The van der Waals surface area contributed by atoms with Crippen LogP contribution >= 0.6 is 0 Å². The van der Waals surface area contributed by atoms with E-state index in [1.165, 1.54) is 0 Å². The summed E-state index contributed by atoms with van der Waals surface area (Å²) in [5.41, 5.74) is 6.59. The highest BCUT2D eigenvalue weighted by Gasteiger charge is 2.14. The van der Waals surface area contributed by atoms with E-state index in [0.717, 1.165) is 12.0 Å². The van der Waals surface area contributed by atoms with Gasteiger partial charge >= 0.3 is 0 Å². The number of nitrogens with two attached hydrogens (primary N) is 1. The summed E-state index contributed by atoms with van der Waals surface area (Å²) in [4.78, 5) is 11.1. The molecule has 1 rings (SSSR count). The molecule has 0 saturated heterocycles. The third-order valence-electron chi connectivity index (χ3n) is 2.38. The van der Waals surface area contributed by atoms with Crippen molar-refractivity contribution >= 4 is 5.91 Å². The molecule has 0 aliphatic heterocycles. The van der Waals surface area contributed by atoms with E-state index >= 15 is 0 Å². The molecule has 0 saturated carbocycles. The van der Waals surface area contributed by atoms with Crippen LogP contribution in [0, 0.1) is 0 Å². The van der Waals surface area contributed by atoms with E-state index in [9.17, 15) is 4.79 Å². The number of rotatable bonds is 4. The molecule has 0 spiro atoms. The average Bonchev–Trinajstić information content (AvgIpc) is 2.20.